The van der Waals surface area contributed by atoms with E-state index in [1.54, 1.807) is 24.5 Å². The van der Waals surface area contributed by atoms with Gasteiger partial charge in [-0.3, -0.25) is 9.71 Å². The monoisotopic (exact) mass is 307 g/mol. The first kappa shape index (κ1) is 15.2. The lowest BCUT2D eigenvalue weighted by Crippen LogP contribution is -2.22. The van der Waals surface area contributed by atoms with Gasteiger partial charge in [-0.2, -0.15) is 0 Å². The van der Waals surface area contributed by atoms with Gasteiger partial charge in [-0.25, -0.2) is 8.42 Å². The highest BCUT2D eigenvalue weighted by Crippen LogP contribution is 2.11. The third-order valence-corrected chi connectivity index (χ3v) is 3.40. The Morgan fingerprint density at radius 3 is 2.43 bits per heavy atom. The van der Waals surface area contributed by atoms with E-state index >= 15 is 0 Å². The van der Waals surface area contributed by atoms with Gasteiger partial charge in [0, 0.05) is 26.0 Å². The van der Waals surface area contributed by atoms with Gasteiger partial charge in [0.2, 0.25) is 10.0 Å². The highest BCUT2D eigenvalue weighted by molar-refractivity contribution is 7.92. The molecule has 0 saturated heterocycles. The first-order chi connectivity index (χ1) is 9.94. The molecule has 0 amide bonds. The Balaban J connectivity index is 1.95. The fraction of sp³-hybridized carbons (Fsp3) is 0.308. The molecule has 0 spiro atoms. The number of likely N-dealkylation sites (N-methyl/N-ethyl adjacent to an activating group) is 1. The van der Waals surface area contributed by atoms with Crippen molar-refractivity contribution in [2.24, 2.45) is 0 Å². The minimum absolute atomic E-state index is 0.212. The normalized spacial score (nSPS) is 11.1. The zero-order valence-electron chi connectivity index (χ0n) is 11.9. The summed E-state index contributed by atoms with van der Waals surface area (Å²) < 4.78 is 24.4. The molecule has 0 unspecified atom stereocenters. The number of nitrogens with zero attached hydrogens (tertiary/aromatic N) is 4. The van der Waals surface area contributed by atoms with Crippen LogP contribution in [-0.4, -0.2) is 43.4 Å². The first-order valence-corrected chi connectivity index (χ1v) is 8.25. The Hall–Kier alpha value is -2.22. The van der Waals surface area contributed by atoms with Crippen molar-refractivity contribution < 1.29 is 8.42 Å². The van der Waals surface area contributed by atoms with Crippen molar-refractivity contribution in [3.05, 3.63) is 42.2 Å². The van der Waals surface area contributed by atoms with Crippen LogP contribution in [0.15, 0.2) is 36.7 Å². The molecule has 0 aliphatic rings. The third kappa shape index (κ3) is 4.99. The highest BCUT2D eigenvalue weighted by Gasteiger charge is 2.06. The first-order valence-electron chi connectivity index (χ1n) is 6.35. The molecule has 21 heavy (non-hydrogen) atoms. The van der Waals surface area contributed by atoms with Crippen LogP contribution in [0.2, 0.25) is 0 Å². The fourth-order valence-corrected chi connectivity index (χ4v) is 2.22. The molecule has 8 heteroatoms. The van der Waals surface area contributed by atoms with Gasteiger partial charge in [-0.15, -0.1) is 10.2 Å². The number of sulfonamides is 1. The lowest BCUT2D eigenvalue weighted by Gasteiger charge is -2.17. The van der Waals surface area contributed by atoms with Crippen molar-refractivity contribution in [3.8, 4) is 0 Å². The Labute approximate surface area is 124 Å². The number of hydrogen-bond acceptors (Lipinski definition) is 6. The van der Waals surface area contributed by atoms with Crippen LogP contribution in [0.4, 0.5) is 11.6 Å². The van der Waals surface area contributed by atoms with Crippen LogP contribution >= 0.6 is 0 Å². The van der Waals surface area contributed by atoms with Gasteiger partial charge < -0.3 is 4.90 Å². The standard InChI is InChI=1S/C13H17N5O2S/c1-18(10-7-11-5-8-14-9-6-11)13-4-3-12(15-16-13)17-21(2,19)20/h3-6,8-9H,7,10H2,1-2H3,(H,15,17). The zero-order valence-corrected chi connectivity index (χ0v) is 12.7. The molecular formula is C13H17N5O2S. The van der Waals surface area contributed by atoms with E-state index in [2.05, 4.69) is 19.9 Å². The molecule has 0 atom stereocenters. The molecule has 2 rings (SSSR count). The molecule has 0 aliphatic heterocycles. The molecule has 2 aromatic heterocycles. The second-order valence-electron chi connectivity index (χ2n) is 4.68. The van der Waals surface area contributed by atoms with Crippen LogP contribution in [0.25, 0.3) is 0 Å². The maximum atomic E-state index is 11.1. The van der Waals surface area contributed by atoms with Crippen molar-refractivity contribution >= 4 is 21.7 Å². The molecule has 0 aromatic carbocycles. The van der Waals surface area contributed by atoms with Crippen molar-refractivity contribution in [1.29, 1.82) is 0 Å². The van der Waals surface area contributed by atoms with E-state index in [1.807, 2.05) is 24.1 Å². The predicted octanol–water partition coefficient (Wildman–Crippen LogP) is 0.922. The summed E-state index contributed by atoms with van der Waals surface area (Å²) in [6, 6.07) is 7.26. The summed E-state index contributed by atoms with van der Waals surface area (Å²) in [5.74, 6) is 0.895. The van der Waals surface area contributed by atoms with Crippen LogP contribution < -0.4 is 9.62 Å². The van der Waals surface area contributed by atoms with Gasteiger partial charge in [0.25, 0.3) is 0 Å². The van der Waals surface area contributed by atoms with Crippen LogP contribution in [-0.2, 0) is 16.4 Å². The average Bonchev–Trinajstić information content (AvgIpc) is 2.45. The number of pyridine rings is 1. The summed E-state index contributed by atoms with van der Waals surface area (Å²) in [4.78, 5) is 5.93. The second kappa shape index (κ2) is 6.49. The number of hydrogen-bond donors (Lipinski definition) is 1. The van der Waals surface area contributed by atoms with E-state index in [-0.39, 0.29) is 5.82 Å². The van der Waals surface area contributed by atoms with Gasteiger partial charge in [0.15, 0.2) is 11.6 Å². The second-order valence-corrected chi connectivity index (χ2v) is 6.43. The molecule has 0 bridgehead atoms. The van der Waals surface area contributed by atoms with E-state index in [1.165, 1.54) is 5.56 Å². The largest absolute Gasteiger partial charge is 0.358 e. The van der Waals surface area contributed by atoms with E-state index in [9.17, 15) is 8.42 Å². The molecule has 0 radical (unpaired) electrons. The average molecular weight is 307 g/mol. The lowest BCUT2D eigenvalue weighted by molar-refractivity contribution is 0.606. The quantitative estimate of drug-likeness (QED) is 0.854. The summed E-state index contributed by atoms with van der Waals surface area (Å²) in [5.41, 5.74) is 1.19. The Bertz CT molecular complexity index is 673. The number of aromatic nitrogens is 3. The van der Waals surface area contributed by atoms with Gasteiger partial charge in [-0.1, -0.05) is 0 Å². The molecule has 7 nitrogen and oxygen atoms in total. The van der Waals surface area contributed by atoms with Crippen molar-refractivity contribution in [3.63, 3.8) is 0 Å². The number of anilines is 2. The van der Waals surface area contributed by atoms with Gasteiger partial charge in [0.1, 0.15) is 0 Å². The molecule has 0 aliphatic carbocycles. The minimum Gasteiger partial charge on any atom is -0.358 e. The summed E-state index contributed by atoms with van der Waals surface area (Å²) in [6.45, 7) is 0.775. The molecule has 112 valence electrons. The van der Waals surface area contributed by atoms with Crippen molar-refractivity contribution in [2.45, 2.75) is 6.42 Å². The molecular weight excluding hydrogens is 290 g/mol. The Kier molecular flexibility index (Phi) is 4.69. The van der Waals surface area contributed by atoms with Crippen LogP contribution in [0.5, 0.6) is 0 Å². The molecule has 2 heterocycles. The SMILES string of the molecule is CN(CCc1ccncc1)c1ccc(NS(C)(=O)=O)nn1. The van der Waals surface area contributed by atoms with Crippen molar-refractivity contribution in [1.82, 2.24) is 15.2 Å². The van der Waals surface area contributed by atoms with Crippen LogP contribution in [0.1, 0.15) is 5.56 Å². The maximum absolute atomic E-state index is 11.1. The lowest BCUT2D eigenvalue weighted by atomic mass is 10.2. The molecule has 0 fully saturated rings. The Morgan fingerprint density at radius 1 is 1.14 bits per heavy atom. The summed E-state index contributed by atoms with van der Waals surface area (Å²) in [5, 5.41) is 7.86. The fourth-order valence-electron chi connectivity index (χ4n) is 1.73. The third-order valence-electron chi connectivity index (χ3n) is 2.82. The van der Waals surface area contributed by atoms with Crippen molar-refractivity contribution in [2.75, 3.05) is 29.5 Å². The minimum atomic E-state index is -3.33. The van der Waals surface area contributed by atoms with Gasteiger partial charge in [0.05, 0.1) is 6.26 Å². The zero-order chi connectivity index (χ0) is 15.3. The molecule has 2 aromatic rings. The number of nitrogens with one attached hydrogen (secondary N) is 1. The predicted molar refractivity (Wildman–Crippen MR) is 81.7 cm³/mol. The smallest absolute Gasteiger partial charge is 0.231 e. The number of rotatable bonds is 6. The highest BCUT2D eigenvalue weighted by atomic mass is 32.2. The summed E-state index contributed by atoms with van der Waals surface area (Å²) in [6.07, 6.45) is 5.47. The maximum Gasteiger partial charge on any atom is 0.231 e. The molecule has 1 N–H and O–H groups in total. The summed E-state index contributed by atoms with van der Waals surface area (Å²) >= 11 is 0. The van der Waals surface area contributed by atoms with E-state index < -0.39 is 10.0 Å². The topological polar surface area (TPSA) is 88.1 Å². The van der Waals surface area contributed by atoms with E-state index in [0.29, 0.717) is 5.82 Å². The van der Waals surface area contributed by atoms with E-state index in [0.717, 1.165) is 19.2 Å². The summed E-state index contributed by atoms with van der Waals surface area (Å²) in [7, 11) is -1.42. The van der Waals surface area contributed by atoms with Crippen LogP contribution in [0.3, 0.4) is 0 Å². The van der Waals surface area contributed by atoms with Gasteiger partial charge >= 0.3 is 0 Å². The van der Waals surface area contributed by atoms with Gasteiger partial charge in [-0.05, 0) is 36.2 Å². The van der Waals surface area contributed by atoms with Crippen LogP contribution in [0, 0.1) is 0 Å². The Morgan fingerprint density at radius 2 is 1.86 bits per heavy atom. The van der Waals surface area contributed by atoms with E-state index in [4.69, 9.17) is 0 Å². The molecule has 0 saturated carbocycles.